The van der Waals surface area contributed by atoms with E-state index in [2.05, 4.69) is 16.7 Å². The maximum atomic E-state index is 12.7. The van der Waals surface area contributed by atoms with Gasteiger partial charge in [0.25, 0.3) is 0 Å². The Labute approximate surface area is 155 Å². The summed E-state index contributed by atoms with van der Waals surface area (Å²) in [4.78, 5) is 27.0. The maximum absolute atomic E-state index is 12.7. The Morgan fingerprint density at radius 3 is 2.81 bits per heavy atom. The fraction of sp³-hybridized carbons (Fsp3) is 0.600. The van der Waals surface area contributed by atoms with Gasteiger partial charge in [-0.05, 0) is 50.4 Å². The summed E-state index contributed by atoms with van der Waals surface area (Å²) in [6, 6.07) is 8.07. The van der Waals surface area contributed by atoms with Crippen LogP contribution in [0.3, 0.4) is 0 Å². The van der Waals surface area contributed by atoms with E-state index in [1.165, 1.54) is 5.56 Å². The topological polar surface area (TPSA) is 70.7 Å². The number of rotatable bonds is 7. The van der Waals surface area contributed by atoms with Crippen LogP contribution in [0.5, 0.6) is 0 Å². The molecule has 142 valence electrons. The predicted octanol–water partition coefficient (Wildman–Crippen LogP) is 1.49. The van der Waals surface area contributed by atoms with Crippen molar-refractivity contribution in [1.82, 2.24) is 10.6 Å². The molecule has 1 aromatic carbocycles. The Kier molecular flexibility index (Phi) is 6.27. The molecule has 0 unspecified atom stereocenters. The lowest BCUT2D eigenvalue weighted by Crippen LogP contribution is -2.50. The second kappa shape index (κ2) is 8.64. The van der Waals surface area contributed by atoms with Crippen molar-refractivity contribution in [2.24, 2.45) is 5.41 Å². The summed E-state index contributed by atoms with van der Waals surface area (Å²) < 4.78 is 5.30. The average molecular weight is 359 g/mol. The van der Waals surface area contributed by atoms with E-state index in [-0.39, 0.29) is 11.8 Å². The quantitative estimate of drug-likeness (QED) is 0.724. The third kappa shape index (κ3) is 4.07. The molecule has 2 amide bonds. The van der Waals surface area contributed by atoms with E-state index in [9.17, 15) is 9.59 Å². The van der Waals surface area contributed by atoms with Gasteiger partial charge in [-0.1, -0.05) is 18.2 Å². The van der Waals surface area contributed by atoms with E-state index >= 15 is 0 Å². The first kappa shape index (κ1) is 18.9. The van der Waals surface area contributed by atoms with Crippen molar-refractivity contribution in [3.05, 3.63) is 29.8 Å². The SMILES string of the molecule is COCC1(C(=O)NCCCC(=O)N2CCc3ccccc32)CCNCC1. The Morgan fingerprint density at radius 2 is 2.04 bits per heavy atom. The van der Waals surface area contributed by atoms with E-state index in [4.69, 9.17) is 4.74 Å². The maximum Gasteiger partial charge on any atom is 0.228 e. The minimum absolute atomic E-state index is 0.0554. The zero-order valence-corrected chi connectivity index (χ0v) is 15.6. The van der Waals surface area contributed by atoms with Gasteiger partial charge >= 0.3 is 0 Å². The molecular weight excluding hydrogens is 330 g/mol. The van der Waals surface area contributed by atoms with Crippen molar-refractivity contribution in [1.29, 1.82) is 0 Å². The van der Waals surface area contributed by atoms with Crippen molar-refractivity contribution in [2.45, 2.75) is 32.1 Å². The third-order valence-electron chi connectivity index (χ3n) is 5.50. The van der Waals surface area contributed by atoms with Gasteiger partial charge in [0, 0.05) is 32.3 Å². The van der Waals surface area contributed by atoms with E-state index in [1.54, 1.807) is 7.11 Å². The molecule has 2 aliphatic heterocycles. The Hall–Kier alpha value is -1.92. The lowest BCUT2D eigenvalue weighted by molar-refractivity contribution is -0.136. The van der Waals surface area contributed by atoms with Crippen molar-refractivity contribution in [3.8, 4) is 0 Å². The van der Waals surface area contributed by atoms with Crippen LogP contribution in [-0.4, -0.2) is 51.7 Å². The Balaban J connectivity index is 1.45. The molecule has 0 bridgehead atoms. The molecule has 0 aliphatic carbocycles. The van der Waals surface area contributed by atoms with E-state index in [1.807, 2.05) is 23.1 Å². The van der Waals surface area contributed by atoms with E-state index in [0.717, 1.165) is 44.6 Å². The van der Waals surface area contributed by atoms with Crippen LogP contribution in [0, 0.1) is 5.41 Å². The van der Waals surface area contributed by atoms with Gasteiger partial charge in [-0.2, -0.15) is 0 Å². The average Bonchev–Trinajstić information content (AvgIpc) is 3.10. The molecular formula is C20H29N3O3. The van der Waals surface area contributed by atoms with E-state index in [0.29, 0.717) is 26.0 Å². The third-order valence-corrected chi connectivity index (χ3v) is 5.50. The lowest BCUT2D eigenvalue weighted by atomic mass is 9.78. The first-order valence-corrected chi connectivity index (χ1v) is 9.52. The smallest absolute Gasteiger partial charge is 0.228 e. The monoisotopic (exact) mass is 359 g/mol. The van der Waals surface area contributed by atoms with Crippen LogP contribution in [0.2, 0.25) is 0 Å². The van der Waals surface area contributed by atoms with Crippen molar-refractivity contribution in [3.63, 3.8) is 0 Å². The number of ether oxygens (including phenoxy) is 1. The van der Waals surface area contributed by atoms with Gasteiger partial charge in [0.15, 0.2) is 0 Å². The zero-order valence-electron chi connectivity index (χ0n) is 15.6. The molecule has 6 nitrogen and oxygen atoms in total. The van der Waals surface area contributed by atoms with Crippen molar-refractivity contribution in [2.75, 3.05) is 44.8 Å². The Morgan fingerprint density at radius 1 is 1.27 bits per heavy atom. The molecule has 0 aromatic heterocycles. The van der Waals surface area contributed by atoms with Gasteiger partial charge in [0.1, 0.15) is 0 Å². The summed E-state index contributed by atoms with van der Waals surface area (Å²) in [5.74, 6) is 0.192. The molecule has 0 atom stereocenters. The molecule has 1 fully saturated rings. The number of anilines is 1. The minimum Gasteiger partial charge on any atom is -0.384 e. The van der Waals surface area contributed by atoms with Gasteiger partial charge in [-0.25, -0.2) is 0 Å². The summed E-state index contributed by atoms with van der Waals surface area (Å²) in [7, 11) is 1.64. The van der Waals surface area contributed by atoms with Crippen LogP contribution >= 0.6 is 0 Å². The number of carbonyl (C=O) groups is 2. The summed E-state index contributed by atoms with van der Waals surface area (Å²) in [6.07, 6.45) is 3.61. The number of fused-ring (bicyclic) bond motifs is 1. The molecule has 6 heteroatoms. The molecule has 1 aromatic rings. The van der Waals surface area contributed by atoms with Gasteiger partial charge in [0.05, 0.1) is 12.0 Å². The molecule has 2 N–H and O–H groups in total. The highest BCUT2D eigenvalue weighted by Crippen LogP contribution is 2.30. The standard InChI is InChI=1S/C20H29N3O3/c1-26-15-20(9-12-21-13-10-20)19(25)22-11-4-7-18(24)23-14-8-16-5-2-3-6-17(16)23/h2-3,5-6,21H,4,7-15H2,1H3,(H,22,25). The number of hydrogen-bond donors (Lipinski definition) is 2. The summed E-state index contributed by atoms with van der Waals surface area (Å²) in [6.45, 7) is 3.41. The van der Waals surface area contributed by atoms with Crippen LogP contribution in [0.1, 0.15) is 31.2 Å². The van der Waals surface area contributed by atoms with Crippen LogP contribution in [0.4, 0.5) is 5.69 Å². The van der Waals surface area contributed by atoms with E-state index < -0.39 is 5.41 Å². The second-order valence-corrected chi connectivity index (χ2v) is 7.25. The molecule has 0 radical (unpaired) electrons. The predicted molar refractivity (Wildman–Crippen MR) is 101 cm³/mol. The first-order valence-electron chi connectivity index (χ1n) is 9.52. The lowest BCUT2D eigenvalue weighted by Gasteiger charge is -2.35. The molecule has 0 spiro atoms. The highest BCUT2D eigenvalue weighted by atomic mass is 16.5. The summed E-state index contributed by atoms with van der Waals surface area (Å²) in [5, 5.41) is 6.31. The molecule has 2 aliphatic rings. The summed E-state index contributed by atoms with van der Waals surface area (Å²) in [5.41, 5.74) is 1.84. The molecule has 3 rings (SSSR count). The van der Waals surface area contributed by atoms with Crippen LogP contribution in [0.25, 0.3) is 0 Å². The number of methoxy groups -OCH3 is 1. The molecule has 26 heavy (non-hydrogen) atoms. The number of carbonyl (C=O) groups excluding carboxylic acids is 2. The second-order valence-electron chi connectivity index (χ2n) is 7.25. The first-order chi connectivity index (χ1) is 12.7. The number of amides is 2. The number of hydrogen-bond acceptors (Lipinski definition) is 4. The fourth-order valence-electron chi connectivity index (χ4n) is 3.98. The van der Waals surface area contributed by atoms with Gasteiger partial charge in [0.2, 0.25) is 11.8 Å². The Bertz CT molecular complexity index is 635. The number of nitrogens with zero attached hydrogens (tertiary/aromatic N) is 1. The molecule has 0 saturated carbocycles. The summed E-state index contributed by atoms with van der Waals surface area (Å²) >= 11 is 0. The van der Waals surface area contributed by atoms with Crippen molar-refractivity contribution >= 4 is 17.5 Å². The number of nitrogens with one attached hydrogen (secondary N) is 2. The largest absolute Gasteiger partial charge is 0.384 e. The molecule has 2 heterocycles. The normalized spacial score (nSPS) is 18.4. The number of para-hydroxylation sites is 1. The zero-order chi connectivity index (χ0) is 18.4. The van der Waals surface area contributed by atoms with Gasteiger partial charge in [-0.3, -0.25) is 9.59 Å². The van der Waals surface area contributed by atoms with Gasteiger partial charge < -0.3 is 20.3 Å². The highest BCUT2D eigenvalue weighted by Gasteiger charge is 2.39. The molecule has 1 saturated heterocycles. The highest BCUT2D eigenvalue weighted by molar-refractivity contribution is 5.95. The van der Waals surface area contributed by atoms with Crippen LogP contribution in [0.15, 0.2) is 24.3 Å². The number of benzene rings is 1. The van der Waals surface area contributed by atoms with Gasteiger partial charge in [-0.15, -0.1) is 0 Å². The van der Waals surface area contributed by atoms with Crippen molar-refractivity contribution < 1.29 is 14.3 Å². The fourth-order valence-corrected chi connectivity index (χ4v) is 3.98. The number of piperidine rings is 1. The van der Waals surface area contributed by atoms with Crippen LogP contribution < -0.4 is 15.5 Å². The minimum atomic E-state index is -0.433. The van der Waals surface area contributed by atoms with Crippen LogP contribution in [-0.2, 0) is 20.7 Å².